The summed E-state index contributed by atoms with van der Waals surface area (Å²) in [6.45, 7) is 10.1. The molecule has 0 saturated carbocycles. The summed E-state index contributed by atoms with van der Waals surface area (Å²) in [6, 6.07) is 9.53. The lowest BCUT2D eigenvalue weighted by Gasteiger charge is -2.27. The average molecular weight is 821 g/mol. The molecule has 0 fully saturated rings. The summed E-state index contributed by atoms with van der Waals surface area (Å²) in [5.74, 6) is -0.925. The van der Waals surface area contributed by atoms with E-state index in [4.69, 9.17) is 0 Å². The van der Waals surface area contributed by atoms with Crippen LogP contribution in [0.2, 0.25) is 0 Å². The molecule has 4 N–H and O–H groups in total. The molecular weight excluding hydrogens is 788 g/mol. The molecule has 0 aromatic heterocycles. The van der Waals surface area contributed by atoms with Crippen molar-refractivity contribution in [2.45, 2.75) is 64.2 Å². The van der Waals surface area contributed by atoms with Gasteiger partial charge >= 0.3 is 0 Å². The van der Waals surface area contributed by atoms with E-state index in [0.717, 1.165) is 0 Å². The molecule has 14 heteroatoms. The first-order valence-electron chi connectivity index (χ1n) is 14.8. The van der Waals surface area contributed by atoms with Crippen LogP contribution in [0.3, 0.4) is 0 Å². The molecule has 10 nitrogen and oxygen atoms in total. The lowest BCUT2D eigenvalue weighted by Crippen LogP contribution is -2.24. The molecule has 0 bridgehead atoms. The molecule has 48 heavy (non-hydrogen) atoms. The van der Waals surface area contributed by atoms with Gasteiger partial charge in [-0.25, -0.2) is 0 Å². The molecule has 4 aromatic carbocycles. The van der Waals surface area contributed by atoms with Gasteiger partial charge in [-0.15, -0.1) is 0 Å². The number of hydrogen-bond donors (Lipinski definition) is 4. The summed E-state index contributed by atoms with van der Waals surface area (Å²) in [7, 11) is -9.29. The normalized spacial score (nSPS) is 13.0. The molecule has 1 aliphatic carbocycles. The number of anilines is 4. The Labute approximate surface area is 296 Å². The number of fused-ring (bicyclic) bond motifs is 2. The Bertz CT molecular complexity index is 2160. The predicted octanol–water partition coefficient (Wildman–Crippen LogP) is 8.33. The zero-order valence-electron chi connectivity index (χ0n) is 26.8. The van der Waals surface area contributed by atoms with Crippen LogP contribution in [0.25, 0.3) is 0 Å². The molecule has 0 amide bonds. The van der Waals surface area contributed by atoms with Crippen molar-refractivity contribution < 1.29 is 35.5 Å². The smallest absolute Gasteiger partial charge is 0.295 e. The molecule has 0 atom stereocenters. The van der Waals surface area contributed by atoms with Crippen LogP contribution < -0.4 is 10.6 Å². The first-order chi connectivity index (χ1) is 22.4. The Morgan fingerprint density at radius 2 is 0.938 bits per heavy atom. The van der Waals surface area contributed by atoms with Gasteiger partial charge in [0, 0.05) is 31.4 Å². The van der Waals surface area contributed by atoms with Crippen molar-refractivity contribution in [3.05, 3.63) is 101 Å². The van der Waals surface area contributed by atoms with Gasteiger partial charge in [0.2, 0.25) is 0 Å². The van der Waals surface area contributed by atoms with Gasteiger partial charge < -0.3 is 10.6 Å². The molecule has 0 spiro atoms. The first-order valence-corrected chi connectivity index (χ1v) is 19.3. The van der Waals surface area contributed by atoms with Crippen molar-refractivity contribution >= 4 is 86.4 Å². The summed E-state index contributed by atoms with van der Waals surface area (Å²) < 4.78 is 71.4. The number of halogens is 2. The fraction of sp³-hybridized carbons (Fsp3) is 0.235. The third kappa shape index (κ3) is 5.81. The van der Waals surface area contributed by atoms with Crippen LogP contribution >= 0.6 is 31.9 Å². The van der Waals surface area contributed by atoms with E-state index in [1.165, 1.54) is 0 Å². The van der Waals surface area contributed by atoms with E-state index in [-0.39, 0.29) is 54.5 Å². The van der Waals surface area contributed by atoms with E-state index in [2.05, 4.69) is 42.5 Å². The van der Waals surface area contributed by atoms with E-state index < -0.39 is 31.8 Å². The van der Waals surface area contributed by atoms with Crippen molar-refractivity contribution in [3.63, 3.8) is 0 Å². The Kier molecular flexibility index (Phi) is 9.58. The van der Waals surface area contributed by atoms with Crippen LogP contribution in [-0.4, -0.2) is 37.5 Å². The minimum absolute atomic E-state index is 0.0150. The van der Waals surface area contributed by atoms with Crippen LogP contribution in [0.4, 0.5) is 22.7 Å². The van der Waals surface area contributed by atoms with Crippen molar-refractivity contribution in [2.24, 2.45) is 0 Å². The van der Waals surface area contributed by atoms with Crippen LogP contribution in [0, 0.1) is 27.7 Å². The molecule has 0 aliphatic heterocycles. The Morgan fingerprint density at radius 1 is 0.604 bits per heavy atom. The predicted molar refractivity (Wildman–Crippen MR) is 192 cm³/mol. The topological polar surface area (TPSA) is 167 Å². The highest BCUT2D eigenvalue weighted by Gasteiger charge is 2.35. The van der Waals surface area contributed by atoms with Gasteiger partial charge in [-0.1, -0.05) is 70.0 Å². The fourth-order valence-corrected chi connectivity index (χ4v) is 10.2. The van der Waals surface area contributed by atoms with Crippen LogP contribution in [0.15, 0.2) is 55.1 Å². The Morgan fingerprint density at radius 3 is 1.23 bits per heavy atom. The van der Waals surface area contributed by atoms with Gasteiger partial charge in [0.25, 0.3) is 20.2 Å². The van der Waals surface area contributed by atoms with E-state index in [1.807, 2.05) is 0 Å². The number of carbonyl (C=O) groups excluding carboxylic acids is 2. The minimum Gasteiger partial charge on any atom is -0.354 e. The maximum Gasteiger partial charge on any atom is 0.295 e. The van der Waals surface area contributed by atoms with E-state index in [9.17, 15) is 35.5 Å². The van der Waals surface area contributed by atoms with Gasteiger partial charge in [-0.05, 0) is 86.1 Å². The largest absolute Gasteiger partial charge is 0.354 e. The maximum absolute atomic E-state index is 14.2. The second kappa shape index (κ2) is 12.8. The zero-order chi connectivity index (χ0) is 35.6. The molecule has 5 rings (SSSR count). The Balaban J connectivity index is 1.80. The monoisotopic (exact) mass is 818 g/mol. The van der Waals surface area contributed by atoms with Gasteiger partial charge in [0.05, 0.1) is 22.5 Å². The van der Waals surface area contributed by atoms with Gasteiger partial charge in [0.15, 0.2) is 11.6 Å². The summed E-state index contributed by atoms with van der Waals surface area (Å²) in [4.78, 5) is 27.9. The van der Waals surface area contributed by atoms with Crippen molar-refractivity contribution in [3.8, 4) is 0 Å². The fourth-order valence-electron chi connectivity index (χ4n) is 6.52. The van der Waals surface area contributed by atoms with Crippen molar-refractivity contribution in [1.29, 1.82) is 0 Å². The summed E-state index contributed by atoms with van der Waals surface area (Å²) in [5.41, 5.74) is 3.93. The number of nitrogens with one attached hydrogen (secondary N) is 2. The van der Waals surface area contributed by atoms with Crippen LogP contribution in [0.5, 0.6) is 0 Å². The van der Waals surface area contributed by atoms with E-state index in [0.29, 0.717) is 55.4 Å². The third-order valence-corrected chi connectivity index (χ3v) is 13.0. The second-order valence-corrected chi connectivity index (χ2v) is 15.8. The van der Waals surface area contributed by atoms with Crippen LogP contribution in [-0.2, 0) is 33.1 Å². The van der Waals surface area contributed by atoms with Crippen LogP contribution in [0.1, 0.15) is 79.1 Å². The number of carbonyl (C=O) groups is 2. The Hall–Kier alpha value is -3.40. The number of rotatable bonds is 8. The van der Waals surface area contributed by atoms with E-state index >= 15 is 0 Å². The molecule has 1 aliphatic rings. The highest BCUT2D eigenvalue weighted by atomic mass is 79.9. The molecule has 0 radical (unpaired) electrons. The number of hydrogen-bond acceptors (Lipinski definition) is 8. The first kappa shape index (κ1) is 35.9. The molecule has 4 aromatic rings. The summed E-state index contributed by atoms with van der Waals surface area (Å²) in [6.07, 6.45) is 0.620. The zero-order valence-corrected chi connectivity index (χ0v) is 31.6. The minimum atomic E-state index is -4.64. The van der Waals surface area contributed by atoms with Gasteiger partial charge in [-0.3, -0.25) is 18.7 Å². The average Bonchev–Trinajstić information content (AvgIpc) is 3.02. The highest BCUT2D eigenvalue weighted by Crippen LogP contribution is 2.45. The highest BCUT2D eigenvalue weighted by molar-refractivity contribution is 9.11. The number of benzene rings is 4. The maximum atomic E-state index is 14.2. The molecule has 252 valence electrons. The summed E-state index contributed by atoms with van der Waals surface area (Å²) in [5, 5.41) is 6.39. The molecular formula is C34H32Br2N2O8S2. The molecule has 0 saturated heterocycles. The number of ketones is 2. The lowest BCUT2D eigenvalue weighted by molar-refractivity contribution is 0.0980. The van der Waals surface area contributed by atoms with Crippen molar-refractivity contribution in [2.75, 3.05) is 10.6 Å². The van der Waals surface area contributed by atoms with Gasteiger partial charge in [-0.2, -0.15) is 16.8 Å². The second-order valence-electron chi connectivity index (χ2n) is 11.5. The molecule has 0 heterocycles. The van der Waals surface area contributed by atoms with E-state index in [1.54, 1.807) is 77.9 Å². The third-order valence-electron chi connectivity index (χ3n) is 8.74. The standard InChI is InChI=1S/C34H32Br2N2O8S2/c1-7-19-27(35)15(3)29(17(5)33(19)47(41,42)43)37-23-13-14-24(26-25(23)31(39)21-11-9-10-12-22(21)32(26)40)38-30-16(4)28(36)20(8-2)34(18(30)6)48(44,45)46/h9-14,37-38H,7-8H2,1-6H3,(H,41,42,43)(H,44,45,46). The van der Waals surface area contributed by atoms with Crippen molar-refractivity contribution in [1.82, 2.24) is 0 Å². The lowest BCUT2D eigenvalue weighted by atomic mass is 9.82. The molecule has 0 unspecified atom stereocenters. The quantitative estimate of drug-likeness (QED) is 0.112. The summed E-state index contributed by atoms with van der Waals surface area (Å²) >= 11 is 6.97. The SMILES string of the molecule is CCc1c(Br)c(C)c(Nc2ccc(Nc3c(C)c(Br)c(CC)c(S(=O)(=O)O)c3C)c3c2C(=O)c2ccccc2C3=O)c(C)c1S(=O)(=O)O. The van der Waals surface area contributed by atoms with Gasteiger partial charge in [0.1, 0.15) is 9.79 Å².